The quantitative estimate of drug-likeness (QED) is 0.815. The van der Waals surface area contributed by atoms with Crippen molar-refractivity contribution in [1.82, 2.24) is 25.0 Å². The molecule has 0 aliphatic carbocycles. The fraction of sp³-hybridized carbons (Fsp3) is 0.200. The van der Waals surface area contributed by atoms with Crippen molar-refractivity contribution in [3.05, 3.63) is 29.8 Å². The first-order valence-corrected chi connectivity index (χ1v) is 5.50. The van der Waals surface area contributed by atoms with Crippen LogP contribution in [-0.4, -0.2) is 41.9 Å². The molecule has 2 aromatic heterocycles. The van der Waals surface area contributed by atoms with Crippen molar-refractivity contribution in [1.29, 1.82) is 0 Å². The fourth-order valence-electron chi connectivity index (χ4n) is 1.47. The lowest BCUT2D eigenvalue weighted by Crippen LogP contribution is -2.22. The molecule has 11 heteroatoms. The highest BCUT2D eigenvalue weighted by molar-refractivity contribution is 5.89. The molecule has 0 spiro atoms. The van der Waals surface area contributed by atoms with E-state index >= 15 is 0 Å². The third-order valence-corrected chi connectivity index (χ3v) is 2.29. The number of carbonyl (C=O) groups is 2. The molecule has 21 heavy (non-hydrogen) atoms. The standard InChI is InChI=1S/C10H8F2N6O3/c11-8(12)7-6(9(20)21)16-17-18(7)4-5(19)15-10-13-2-1-3-14-10/h1-3,8H,4H2,(H,20,21)(H,13,14,15,19). The van der Waals surface area contributed by atoms with Crippen LogP contribution in [0.4, 0.5) is 14.7 Å². The van der Waals surface area contributed by atoms with Gasteiger partial charge in [-0.15, -0.1) is 5.10 Å². The largest absolute Gasteiger partial charge is 0.476 e. The van der Waals surface area contributed by atoms with Gasteiger partial charge in [-0.3, -0.25) is 10.1 Å². The summed E-state index contributed by atoms with van der Waals surface area (Å²) in [7, 11) is 0. The summed E-state index contributed by atoms with van der Waals surface area (Å²) in [4.78, 5) is 29.9. The third-order valence-electron chi connectivity index (χ3n) is 2.29. The van der Waals surface area contributed by atoms with E-state index in [4.69, 9.17) is 5.11 Å². The Hall–Kier alpha value is -2.98. The second kappa shape index (κ2) is 5.98. The van der Waals surface area contributed by atoms with Crippen molar-refractivity contribution in [2.75, 3.05) is 5.32 Å². The van der Waals surface area contributed by atoms with E-state index < -0.39 is 36.2 Å². The molecule has 0 saturated heterocycles. The number of anilines is 1. The second-order valence-corrected chi connectivity index (χ2v) is 3.71. The molecule has 1 amide bonds. The van der Waals surface area contributed by atoms with Crippen LogP contribution in [0.3, 0.4) is 0 Å². The molecule has 2 N–H and O–H groups in total. The summed E-state index contributed by atoms with van der Waals surface area (Å²) in [5, 5.41) is 17.3. The normalized spacial score (nSPS) is 10.6. The maximum absolute atomic E-state index is 12.8. The number of amides is 1. The number of carbonyl (C=O) groups excluding carboxylic acids is 1. The first-order chi connectivity index (χ1) is 9.99. The minimum absolute atomic E-state index is 0.0142. The first-order valence-electron chi connectivity index (χ1n) is 5.50. The molecular formula is C10H8F2N6O3. The van der Waals surface area contributed by atoms with E-state index in [0.29, 0.717) is 4.68 Å². The summed E-state index contributed by atoms with van der Waals surface area (Å²) in [6, 6.07) is 1.53. The van der Waals surface area contributed by atoms with Gasteiger partial charge in [0.05, 0.1) is 0 Å². The number of aromatic nitrogens is 5. The molecule has 2 aromatic rings. The van der Waals surface area contributed by atoms with E-state index in [1.54, 1.807) is 0 Å². The topological polar surface area (TPSA) is 123 Å². The molecule has 0 radical (unpaired) electrons. The van der Waals surface area contributed by atoms with E-state index in [0.717, 1.165) is 0 Å². The molecule has 0 aliphatic heterocycles. The highest BCUT2D eigenvalue weighted by Gasteiger charge is 2.27. The average Bonchev–Trinajstić information content (AvgIpc) is 2.83. The third kappa shape index (κ3) is 3.32. The highest BCUT2D eigenvalue weighted by atomic mass is 19.3. The van der Waals surface area contributed by atoms with Gasteiger partial charge in [-0.2, -0.15) is 0 Å². The molecule has 0 bridgehead atoms. The molecule has 9 nitrogen and oxygen atoms in total. The number of nitrogens with one attached hydrogen (secondary N) is 1. The number of hydrogen-bond acceptors (Lipinski definition) is 6. The van der Waals surface area contributed by atoms with Crippen LogP contribution in [0.25, 0.3) is 0 Å². The van der Waals surface area contributed by atoms with E-state index in [-0.39, 0.29) is 5.95 Å². The number of halogens is 2. The Morgan fingerprint density at radius 3 is 2.57 bits per heavy atom. The highest BCUT2D eigenvalue weighted by Crippen LogP contribution is 2.21. The van der Waals surface area contributed by atoms with Gasteiger partial charge in [0.1, 0.15) is 12.2 Å². The number of alkyl halides is 2. The Morgan fingerprint density at radius 1 is 1.33 bits per heavy atom. The Kier molecular flexibility index (Phi) is 4.11. The molecule has 110 valence electrons. The number of aromatic carboxylic acids is 1. The zero-order valence-corrected chi connectivity index (χ0v) is 10.3. The number of carboxylic acid groups (broad SMARTS) is 1. The maximum atomic E-state index is 12.8. The van der Waals surface area contributed by atoms with Gasteiger partial charge >= 0.3 is 5.97 Å². The van der Waals surface area contributed by atoms with E-state index in [9.17, 15) is 18.4 Å². The van der Waals surface area contributed by atoms with Crippen LogP contribution < -0.4 is 5.32 Å². The van der Waals surface area contributed by atoms with Crippen LogP contribution >= 0.6 is 0 Å². The van der Waals surface area contributed by atoms with Crippen molar-refractivity contribution in [2.45, 2.75) is 13.0 Å². The van der Waals surface area contributed by atoms with E-state index in [1.165, 1.54) is 18.5 Å². The van der Waals surface area contributed by atoms with Crippen molar-refractivity contribution in [2.24, 2.45) is 0 Å². The number of nitrogens with zero attached hydrogens (tertiary/aromatic N) is 5. The molecule has 2 rings (SSSR count). The maximum Gasteiger partial charge on any atom is 0.358 e. The molecule has 2 heterocycles. The molecule has 0 fully saturated rings. The summed E-state index contributed by atoms with van der Waals surface area (Å²) >= 11 is 0. The Balaban J connectivity index is 2.16. The summed E-state index contributed by atoms with van der Waals surface area (Å²) < 4.78 is 26.2. The summed E-state index contributed by atoms with van der Waals surface area (Å²) in [6.45, 7) is -0.641. The minimum Gasteiger partial charge on any atom is -0.476 e. The van der Waals surface area contributed by atoms with Crippen LogP contribution in [0.1, 0.15) is 22.6 Å². The SMILES string of the molecule is O=C(Cn1nnc(C(=O)O)c1C(F)F)Nc1ncccn1. The summed E-state index contributed by atoms with van der Waals surface area (Å²) in [5.74, 6) is -2.41. The van der Waals surface area contributed by atoms with Gasteiger partial charge in [-0.25, -0.2) is 28.2 Å². The molecule has 0 aliphatic rings. The van der Waals surface area contributed by atoms with Gasteiger partial charge in [-0.1, -0.05) is 5.21 Å². The van der Waals surface area contributed by atoms with Crippen LogP contribution in [0.2, 0.25) is 0 Å². The minimum atomic E-state index is -3.13. The monoisotopic (exact) mass is 298 g/mol. The fourth-order valence-corrected chi connectivity index (χ4v) is 1.47. The zero-order chi connectivity index (χ0) is 15.4. The van der Waals surface area contributed by atoms with Crippen molar-refractivity contribution < 1.29 is 23.5 Å². The van der Waals surface area contributed by atoms with Crippen LogP contribution in [0.15, 0.2) is 18.5 Å². The molecular weight excluding hydrogens is 290 g/mol. The first kappa shape index (κ1) is 14.4. The van der Waals surface area contributed by atoms with Crippen molar-refractivity contribution in [3.63, 3.8) is 0 Å². The number of rotatable bonds is 5. The Labute approximate surface area is 115 Å². The van der Waals surface area contributed by atoms with Crippen molar-refractivity contribution in [3.8, 4) is 0 Å². The average molecular weight is 298 g/mol. The van der Waals surface area contributed by atoms with Gasteiger partial charge in [0, 0.05) is 12.4 Å². The van der Waals surface area contributed by atoms with Gasteiger partial charge in [0.2, 0.25) is 11.9 Å². The van der Waals surface area contributed by atoms with E-state index in [2.05, 4.69) is 25.6 Å². The van der Waals surface area contributed by atoms with Gasteiger partial charge in [0.25, 0.3) is 6.43 Å². The Bertz CT molecular complexity index is 660. The predicted molar refractivity (Wildman–Crippen MR) is 62.6 cm³/mol. The van der Waals surface area contributed by atoms with Crippen LogP contribution in [0.5, 0.6) is 0 Å². The van der Waals surface area contributed by atoms with Crippen LogP contribution in [-0.2, 0) is 11.3 Å². The van der Waals surface area contributed by atoms with Crippen LogP contribution in [0, 0.1) is 0 Å². The molecule has 0 aromatic carbocycles. The number of carboxylic acids is 1. The van der Waals surface area contributed by atoms with Gasteiger partial charge in [-0.05, 0) is 6.07 Å². The predicted octanol–water partition coefficient (Wildman–Crippen LogP) is 0.343. The summed E-state index contributed by atoms with van der Waals surface area (Å²) in [6.07, 6.45) is -0.372. The lowest BCUT2D eigenvalue weighted by molar-refractivity contribution is -0.117. The lowest BCUT2D eigenvalue weighted by Gasteiger charge is -2.06. The summed E-state index contributed by atoms with van der Waals surface area (Å²) in [5.41, 5.74) is -1.83. The molecule has 0 atom stereocenters. The van der Waals surface area contributed by atoms with Gasteiger partial charge < -0.3 is 5.11 Å². The lowest BCUT2D eigenvalue weighted by atomic mass is 10.3. The second-order valence-electron chi connectivity index (χ2n) is 3.71. The number of hydrogen-bond donors (Lipinski definition) is 2. The smallest absolute Gasteiger partial charge is 0.358 e. The molecule has 0 saturated carbocycles. The zero-order valence-electron chi connectivity index (χ0n) is 10.3. The van der Waals surface area contributed by atoms with Crippen molar-refractivity contribution >= 4 is 17.8 Å². The van der Waals surface area contributed by atoms with Gasteiger partial charge in [0.15, 0.2) is 5.69 Å². The van der Waals surface area contributed by atoms with E-state index in [1.807, 2.05) is 0 Å². The Morgan fingerprint density at radius 2 is 2.00 bits per heavy atom. The molecule has 0 unspecified atom stereocenters.